The van der Waals surface area contributed by atoms with Crippen LogP contribution in [0.1, 0.15) is 30.7 Å². The van der Waals surface area contributed by atoms with Crippen LogP contribution in [-0.2, 0) is 13.0 Å². The molecule has 1 atom stereocenters. The first kappa shape index (κ1) is 14.3. The Hall–Kier alpha value is -0.670. The minimum absolute atomic E-state index is 0.639. The summed E-state index contributed by atoms with van der Waals surface area (Å²) >= 11 is 8.07. The van der Waals surface area contributed by atoms with Crippen molar-refractivity contribution in [3.05, 3.63) is 29.6 Å². The van der Waals surface area contributed by atoms with Crippen molar-refractivity contribution in [1.82, 2.24) is 9.55 Å². The third-order valence-corrected chi connectivity index (χ3v) is 5.53. The zero-order valence-electron chi connectivity index (χ0n) is 11.9. The van der Waals surface area contributed by atoms with Crippen LogP contribution in [0.2, 0.25) is 0 Å². The zero-order chi connectivity index (χ0) is 13.9. The van der Waals surface area contributed by atoms with Gasteiger partial charge in [-0.3, -0.25) is 0 Å². The first-order chi connectivity index (χ1) is 9.78. The quantitative estimate of drug-likeness (QED) is 0.779. The lowest BCUT2D eigenvalue weighted by molar-refractivity contribution is 0.577. The Bertz CT molecular complexity index is 587. The second-order valence-electron chi connectivity index (χ2n) is 5.56. The van der Waals surface area contributed by atoms with E-state index in [2.05, 4.69) is 41.5 Å². The standard InChI is InChI=1S/C16H21ClN2S/c1-12-5-6-15-14(10-12)18-16(7-8-17)19(15)11-13-4-2-3-9-20-13/h5-6,10,13H,2-4,7-9,11H2,1H3. The summed E-state index contributed by atoms with van der Waals surface area (Å²) in [6, 6.07) is 6.57. The molecule has 0 bridgehead atoms. The van der Waals surface area contributed by atoms with Crippen molar-refractivity contribution in [2.45, 2.75) is 44.4 Å². The number of aryl methyl sites for hydroxylation is 2. The summed E-state index contributed by atoms with van der Waals surface area (Å²) in [5.74, 6) is 3.09. The van der Waals surface area contributed by atoms with E-state index in [1.54, 1.807) is 0 Å². The third kappa shape index (κ3) is 2.99. The summed E-state index contributed by atoms with van der Waals surface area (Å²) in [6.45, 7) is 3.20. The van der Waals surface area contributed by atoms with Gasteiger partial charge >= 0.3 is 0 Å². The van der Waals surface area contributed by atoms with Crippen molar-refractivity contribution in [3.8, 4) is 0 Å². The second-order valence-corrected chi connectivity index (χ2v) is 7.34. The SMILES string of the molecule is Cc1ccc2c(c1)nc(CCCl)n2CC1CCCCS1. The zero-order valence-corrected chi connectivity index (χ0v) is 13.5. The molecule has 4 heteroatoms. The maximum absolute atomic E-state index is 5.95. The summed E-state index contributed by atoms with van der Waals surface area (Å²) in [5.41, 5.74) is 3.65. The molecule has 0 N–H and O–H groups in total. The number of fused-ring (bicyclic) bond motifs is 1. The van der Waals surface area contributed by atoms with Gasteiger partial charge in [-0.15, -0.1) is 11.6 Å². The van der Waals surface area contributed by atoms with Crippen LogP contribution in [0.5, 0.6) is 0 Å². The Labute approximate surface area is 129 Å². The van der Waals surface area contributed by atoms with Crippen LogP contribution < -0.4 is 0 Å². The van der Waals surface area contributed by atoms with Crippen molar-refractivity contribution in [2.75, 3.05) is 11.6 Å². The summed E-state index contributed by atoms with van der Waals surface area (Å²) in [4.78, 5) is 4.80. The molecule has 1 aromatic heterocycles. The number of aromatic nitrogens is 2. The normalized spacial score (nSPS) is 19.6. The van der Waals surface area contributed by atoms with Crippen molar-refractivity contribution in [2.24, 2.45) is 0 Å². The van der Waals surface area contributed by atoms with E-state index < -0.39 is 0 Å². The second kappa shape index (κ2) is 6.40. The molecule has 1 unspecified atom stereocenters. The molecule has 3 rings (SSSR count). The molecule has 1 aliphatic rings. The van der Waals surface area contributed by atoms with E-state index in [0.717, 1.165) is 29.6 Å². The van der Waals surface area contributed by atoms with E-state index >= 15 is 0 Å². The molecule has 2 heterocycles. The van der Waals surface area contributed by atoms with E-state index in [1.807, 2.05) is 0 Å². The highest BCUT2D eigenvalue weighted by molar-refractivity contribution is 7.99. The number of benzene rings is 1. The van der Waals surface area contributed by atoms with E-state index in [-0.39, 0.29) is 0 Å². The first-order valence-corrected chi connectivity index (χ1v) is 8.99. The summed E-state index contributed by atoms with van der Waals surface area (Å²) in [5, 5.41) is 0.733. The lowest BCUT2D eigenvalue weighted by Gasteiger charge is -2.22. The van der Waals surface area contributed by atoms with Gasteiger partial charge in [-0.25, -0.2) is 4.98 Å². The molecule has 0 saturated carbocycles. The largest absolute Gasteiger partial charge is 0.327 e. The fourth-order valence-corrected chi connectivity index (χ4v) is 4.38. The highest BCUT2D eigenvalue weighted by Crippen LogP contribution is 2.28. The summed E-state index contributed by atoms with van der Waals surface area (Å²) < 4.78 is 2.40. The molecule has 1 aromatic carbocycles. The van der Waals surface area contributed by atoms with Crippen molar-refractivity contribution < 1.29 is 0 Å². The fraction of sp³-hybridized carbons (Fsp3) is 0.562. The van der Waals surface area contributed by atoms with Crippen molar-refractivity contribution >= 4 is 34.4 Å². The van der Waals surface area contributed by atoms with Crippen LogP contribution in [0.4, 0.5) is 0 Å². The van der Waals surface area contributed by atoms with Gasteiger partial charge in [0.25, 0.3) is 0 Å². The smallest absolute Gasteiger partial charge is 0.111 e. The molecule has 1 saturated heterocycles. The average Bonchev–Trinajstić information content (AvgIpc) is 2.77. The third-order valence-electron chi connectivity index (χ3n) is 3.96. The van der Waals surface area contributed by atoms with Crippen molar-refractivity contribution in [1.29, 1.82) is 0 Å². The van der Waals surface area contributed by atoms with E-state index in [9.17, 15) is 0 Å². The molecular formula is C16H21ClN2S. The van der Waals surface area contributed by atoms with Gasteiger partial charge in [0.2, 0.25) is 0 Å². The van der Waals surface area contributed by atoms with Gasteiger partial charge in [0, 0.05) is 24.1 Å². The molecule has 0 amide bonds. The number of rotatable bonds is 4. The number of halogens is 1. The molecular weight excluding hydrogens is 288 g/mol. The van der Waals surface area contributed by atoms with Gasteiger partial charge in [0.15, 0.2) is 0 Å². The van der Waals surface area contributed by atoms with E-state index in [4.69, 9.17) is 16.6 Å². The lowest BCUT2D eigenvalue weighted by atomic mass is 10.2. The molecule has 0 radical (unpaired) electrons. The predicted octanol–water partition coefficient (Wildman–Crippen LogP) is 4.41. The summed E-state index contributed by atoms with van der Waals surface area (Å²) in [6.07, 6.45) is 4.93. The summed E-state index contributed by atoms with van der Waals surface area (Å²) in [7, 11) is 0. The van der Waals surface area contributed by atoms with Gasteiger partial charge in [-0.05, 0) is 43.2 Å². The molecule has 0 aliphatic carbocycles. The van der Waals surface area contributed by atoms with Gasteiger partial charge < -0.3 is 4.57 Å². The lowest BCUT2D eigenvalue weighted by Crippen LogP contribution is -2.18. The van der Waals surface area contributed by atoms with Crippen molar-refractivity contribution in [3.63, 3.8) is 0 Å². The van der Waals surface area contributed by atoms with Gasteiger partial charge in [0.05, 0.1) is 11.0 Å². The molecule has 0 spiro atoms. The van der Waals surface area contributed by atoms with Crippen LogP contribution in [0.15, 0.2) is 18.2 Å². The molecule has 2 nitrogen and oxygen atoms in total. The molecule has 1 fully saturated rings. The Kier molecular flexibility index (Phi) is 4.57. The average molecular weight is 309 g/mol. The Morgan fingerprint density at radius 2 is 2.30 bits per heavy atom. The molecule has 1 aliphatic heterocycles. The number of alkyl halides is 1. The van der Waals surface area contributed by atoms with Gasteiger partial charge in [0.1, 0.15) is 5.82 Å². The molecule has 2 aromatic rings. The maximum Gasteiger partial charge on any atom is 0.111 e. The Morgan fingerprint density at radius 3 is 3.05 bits per heavy atom. The topological polar surface area (TPSA) is 17.8 Å². The first-order valence-electron chi connectivity index (χ1n) is 7.41. The number of thioether (sulfide) groups is 1. The minimum Gasteiger partial charge on any atom is -0.327 e. The Morgan fingerprint density at radius 1 is 1.40 bits per heavy atom. The van der Waals surface area contributed by atoms with Gasteiger partial charge in [-0.2, -0.15) is 11.8 Å². The number of hydrogen-bond donors (Lipinski definition) is 0. The van der Waals surface area contributed by atoms with Crippen LogP contribution in [0.3, 0.4) is 0 Å². The van der Waals surface area contributed by atoms with Crippen LogP contribution in [0.25, 0.3) is 11.0 Å². The number of hydrogen-bond acceptors (Lipinski definition) is 2. The fourth-order valence-electron chi connectivity index (χ4n) is 2.92. The van der Waals surface area contributed by atoms with Crippen LogP contribution >= 0.6 is 23.4 Å². The highest BCUT2D eigenvalue weighted by Gasteiger charge is 2.18. The monoisotopic (exact) mass is 308 g/mol. The predicted molar refractivity (Wildman–Crippen MR) is 89.0 cm³/mol. The van der Waals surface area contributed by atoms with E-state index in [0.29, 0.717) is 5.88 Å². The number of nitrogens with zero attached hydrogens (tertiary/aromatic N) is 2. The number of imidazole rings is 1. The highest BCUT2D eigenvalue weighted by atomic mass is 35.5. The minimum atomic E-state index is 0.639. The molecule has 108 valence electrons. The molecule has 20 heavy (non-hydrogen) atoms. The van der Waals surface area contributed by atoms with Crippen LogP contribution in [-0.4, -0.2) is 26.4 Å². The van der Waals surface area contributed by atoms with Gasteiger partial charge in [-0.1, -0.05) is 12.5 Å². The van der Waals surface area contributed by atoms with E-state index in [1.165, 1.54) is 36.1 Å². The maximum atomic E-state index is 5.95. The Balaban J connectivity index is 1.95. The van der Waals surface area contributed by atoms with Crippen LogP contribution in [0, 0.1) is 6.92 Å².